The average Bonchev–Trinajstić information content (AvgIpc) is 2.79. The fourth-order valence-electron chi connectivity index (χ4n) is 3.40. The van der Waals surface area contributed by atoms with Crippen LogP contribution in [-0.2, 0) is 4.79 Å². The van der Waals surface area contributed by atoms with Crippen LogP contribution < -0.4 is 28.6 Å². The molecule has 1 amide bonds. The smallest absolute Gasteiger partial charge is 0.256 e. The third-order valence-electron chi connectivity index (χ3n) is 4.82. The van der Waals surface area contributed by atoms with Gasteiger partial charge in [0, 0.05) is 17.7 Å². The van der Waals surface area contributed by atoms with Crippen LogP contribution in [0.4, 0.5) is 5.69 Å². The molecule has 1 aliphatic rings. The van der Waals surface area contributed by atoms with E-state index in [9.17, 15) is 4.79 Å². The van der Waals surface area contributed by atoms with E-state index in [1.54, 1.807) is 36.3 Å². The van der Waals surface area contributed by atoms with E-state index in [0.717, 1.165) is 5.56 Å². The Bertz CT molecular complexity index is 998. The second-order valence-electron chi connectivity index (χ2n) is 6.39. The molecule has 1 aliphatic heterocycles. The van der Waals surface area contributed by atoms with Gasteiger partial charge in [-0.2, -0.15) is 0 Å². The molecule has 3 rings (SSSR count). The summed E-state index contributed by atoms with van der Waals surface area (Å²) < 4.78 is 27.1. The van der Waals surface area contributed by atoms with E-state index in [4.69, 9.17) is 30.1 Å². The summed E-state index contributed by atoms with van der Waals surface area (Å²) >= 11 is 0. The standard InChI is InChI=1S/C23H23NO6/c1-7-10-30-18-11-15(8-9-17(18)26-3)21-14(2)23(25)24(21)16-12-19(27-4)22(29-6)20(13-16)28-5/h1,8-9,11-13,21H,2,10H2,3-6H3/t21-/m1/s1. The maximum Gasteiger partial charge on any atom is 0.256 e. The van der Waals surface area contributed by atoms with E-state index in [1.807, 2.05) is 6.07 Å². The van der Waals surface area contributed by atoms with Crippen LogP contribution in [0.15, 0.2) is 42.5 Å². The van der Waals surface area contributed by atoms with Gasteiger partial charge in [0.05, 0.1) is 40.2 Å². The lowest BCUT2D eigenvalue weighted by atomic mass is 9.88. The highest BCUT2D eigenvalue weighted by Gasteiger charge is 2.43. The number of anilines is 1. The SMILES string of the molecule is C#CCOc1cc([C@H]2C(=C)C(=O)N2c2cc(OC)c(OC)c(OC)c2)ccc1OC. The number of ether oxygens (including phenoxy) is 5. The first-order valence-electron chi connectivity index (χ1n) is 9.07. The van der Waals surface area contributed by atoms with Crippen molar-refractivity contribution in [2.24, 2.45) is 0 Å². The number of β-lactam (4-membered cyclic amide) rings is 1. The second kappa shape index (κ2) is 8.70. The van der Waals surface area contributed by atoms with Crippen molar-refractivity contribution < 1.29 is 28.5 Å². The van der Waals surface area contributed by atoms with Gasteiger partial charge >= 0.3 is 0 Å². The van der Waals surface area contributed by atoms with E-state index < -0.39 is 0 Å². The minimum Gasteiger partial charge on any atom is -0.493 e. The Balaban J connectivity index is 2.05. The first-order chi connectivity index (χ1) is 14.5. The van der Waals surface area contributed by atoms with Crippen molar-refractivity contribution in [3.05, 3.63) is 48.0 Å². The highest BCUT2D eigenvalue weighted by atomic mass is 16.5. The molecule has 2 aromatic carbocycles. The quantitative estimate of drug-likeness (QED) is 0.378. The van der Waals surface area contributed by atoms with Crippen LogP contribution in [0.3, 0.4) is 0 Å². The van der Waals surface area contributed by atoms with Crippen LogP contribution in [0.5, 0.6) is 28.7 Å². The first kappa shape index (κ1) is 20.9. The summed E-state index contributed by atoms with van der Waals surface area (Å²) in [6.45, 7) is 4.04. The van der Waals surface area contributed by atoms with Crippen LogP contribution in [0.2, 0.25) is 0 Å². The van der Waals surface area contributed by atoms with Crippen molar-refractivity contribution in [1.82, 2.24) is 0 Å². The minimum atomic E-state index is -0.389. The summed E-state index contributed by atoms with van der Waals surface area (Å²) in [5.74, 6) is 4.61. The predicted octanol–water partition coefficient (Wildman–Crippen LogP) is 3.38. The number of amides is 1. The number of benzene rings is 2. The average molecular weight is 409 g/mol. The number of carbonyl (C=O) groups is 1. The fourth-order valence-corrected chi connectivity index (χ4v) is 3.40. The fraction of sp³-hybridized carbons (Fsp3) is 0.261. The predicted molar refractivity (Wildman–Crippen MR) is 113 cm³/mol. The van der Waals surface area contributed by atoms with Gasteiger partial charge in [-0.05, 0) is 17.7 Å². The van der Waals surface area contributed by atoms with Crippen molar-refractivity contribution in [2.75, 3.05) is 39.9 Å². The van der Waals surface area contributed by atoms with Crippen molar-refractivity contribution in [3.63, 3.8) is 0 Å². The topological polar surface area (TPSA) is 66.5 Å². The maximum atomic E-state index is 12.7. The number of nitrogens with zero attached hydrogens (tertiary/aromatic N) is 1. The van der Waals surface area contributed by atoms with Gasteiger partial charge < -0.3 is 23.7 Å². The van der Waals surface area contributed by atoms with E-state index in [2.05, 4.69) is 12.5 Å². The summed E-state index contributed by atoms with van der Waals surface area (Å²) in [6, 6.07) is 8.47. The number of methoxy groups -OCH3 is 4. The van der Waals surface area contributed by atoms with Gasteiger partial charge in [-0.3, -0.25) is 9.69 Å². The molecule has 1 heterocycles. The maximum absolute atomic E-state index is 12.7. The monoisotopic (exact) mass is 409 g/mol. The van der Waals surface area contributed by atoms with Crippen molar-refractivity contribution in [2.45, 2.75) is 6.04 Å². The van der Waals surface area contributed by atoms with Crippen LogP contribution >= 0.6 is 0 Å². The van der Waals surface area contributed by atoms with E-state index in [1.165, 1.54) is 21.3 Å². The Morgan fingerprint density at radius 3 is 2.13 bits per heavy atom. The molecule has 7 nitrogen and oxygen atoms in total. The molecule has 7 heteroatoms. The summed E-state index contributed by atoms with van der Waals surface area (Å²) in [6.07, 6.45) is 5.30. The molecule has 0 N–H and O–H groups in total. The van der Waals surface area contributed by atoms with Gasteiger partial charge in [-0.1, -0.05) is 18.6 Å². The Morgan fingerprint density at radius 1 is 0.967 bits per heavy atom. The molecular formula is C23H23NO6. The Labute approximate surface area is 175 Å². The number of hydrogen-bond acceptors (Lipinski definition) is 6. The second-order valence-corrected chi connectivity index (χ2v) is 6.39. The van der Waals surface area contributed by atoms with Crippen LogP contribution in [0, 0.1) is 12.3 Å². The highest BCUT2D eigenvalue weighted by molar-refractivity contribution is 6.15. The van der Waals surface area contributed by atoms with E-state index >= 15 is 0 Å². The Hall–Kier alpha value is -3.79. The van der Waals surface area contributed by atoms with E-state index in [-0.39, 0.29) is 18.6 Å². The molecule has 2 aromatic rings. The Morgan fingerprint density at radius 2 is 1.60 bits per heavy atom. The van der Waals surface area contributed by atoms with Gasteiger partial charge in [0.15, 0.2) is 23.0 Å². The molecule has 1 saturated heterocycles. The molecule has 0 aliphatic carbocycles. The van der Waals surface area contributed by atoms with Gasteiger partial charge in [-0.25, -0.2) is 0 Å². The lowest BCUT2D eigenvalue weighted by Gasteiger charge is -2.42. The normalized spacial score (nSPS) is 15.2. The van der Waals surface area contributed by atoms with Crippen molar-refractivity contribution >= 4 is 11.6 Å². The zero-order valence-electron chi connectivity index (χ0n) is 17.4. The molecule has 1 atom stereocenters. The van der Waals surface area contributed by atoms with Crippen LogP contribution in [-0.4, -0.2) is 41.0 Å². The van der Waals surface area contributed by atoms with Crippen molar-refractivity contribution in [3.8, 4) is 41.1 Å². The minimum absolute atomic E-state index is 0.0982. The molecule has 30 heavy (non-hydrogen) atoms. The van der Waals surface area contributed by atoms with Gasteiger partial charge in [-0.15, -0.1) is 6.42 Å². The Kier molecular flexibility index (Phi) is 6.07. The molecule has 0 spiro atoms. The molecule has 0 bridgehead atoms. The van der Waals surface area contributed by atoms with Gasteiger partial charge in [0.2, 0.25) is 5.75 Å². The molecular weight excluding hydrogens is 386 g/mol. The number of rotatable bonds is 8. The zero-order chi connectivity index (χ0) is 21.8. The zero-order valence-corrected chi connectivity index (χ0v) is 17.4. The third-order valence-corrected chi connectivity index (χ3v) is 4.82. The molecule has 0 radical (unpaired) electrons. The summed E-state index contributed by atoms with van der Waals surface area (Å²) in [4.78, 5) is 14.3. The molecule has 0 aromatic heterocycles. The first-order valence-corrected chi connectivity index (χ1v) is 9.07. The van der Waals surface area contributed by atoms with Gasteiger partial charge in [0.1, 0.15) is 6.61 Å². The molecule has 156 valence electrons. The largest absolute Gasteiger partial charge is 0.493 e. The summed E-state index contributed by atoms with van der Waals surface area (Å²) in [5, 5.41) is 0. The van der Waals surface area contributed by atoms with E-state index in [0.29, 0.717) is 40.0 Å². The number of terminal acetylenes is 1. The molecule has 0 saturated carbocycles. The number of hydrogen-bond donors (Lipinski definition) is 0. The number of carbonyl (C=O) groups excluding carboxylic acids is 1. The molecule has 1 fully saturated rings. The lowest BCUT2D eigenvalue weighted by molar-refractivity contribution is -0.118. The highest BCUT2D eigenvalue weighted by Crippen LogP contribution is 2.48. The van der Waals surface area contributed by atoms with Crippen molar-refractivity contribution in [1.29, 1.82) is 0 Å². The van der Waals surface area contributed by atoms with Crippen LogP contribution in [0.1, 0.15) is 11.6 Å². The summed E-state index contributed by atoms with van der Waals surface area (Å²) in [5.41, 5.74) is 1.85. The molecule has 0 unspecified atom stereocenters. The van der Waals surface area contributed by atoms with Crippen LogP contribution in [0.25, 0.3) is 0 Å². The lowest BCUT2D eigenvalue weighted by Crippen LogP contribution is -2.48. The van der Waals surface area contributed by atoms with Gasteiger partial charge in [0.25, 0.3) is 5.91 Å². The third kappa shape index (κ3) is 3.48. The summed E-state index contributed by atoms with van der Waals surface area (Å²) in [7, 11) is 6.11.